The molecule has 2 amide bonds. The van der Waals surface area contributed by atoms with Crippen LogP contribution in [0.25, 0.3) is 0 Å². The van der Waals surface area contributed by atoms with E-state index in [1.54, 1.807) is 4.90 Å². The Bertz CT molecular complexity index is 248. The molecule has 0 aromatic rings. The van der Waals surface area contributed by atoms with Crippen molar-refractivity contribution in [2.24, 2.45) is 0 Å². The number of carbonyl (C=O) groups is 1. The van der Waals surface area contributed by atoms with Gasteiger partial charge in [0.2, 0.25) is 0 Å². The summed E-state index contributed by atoms with van der Waals surface area (Å²) in [4.78, 5) is 13.5. The van der Waals surface area contributed by atoms with Gasteiger partial charge in [-0.05, 0) is 34.6 Å². The van der Waals surface area contributed by atoms with E-state index < -0.39 is 0 Å². The van der Waals surface area contributed by atoms with E-state index in [4.69, 9.17) is 5.26 Å². The Morgan fingerprint density at radius 3 is 2.33 bits per heavy atom. The Kier molecular flexibility index (Phi) is 5.13. The molecule has 0 aromatic heterocycles. The molecule has 0 unspecified atom stereocenters. The molecule has 0 heterocycles. The number of carbonyl (C=O) groups excluding carboxylic acids is 1. The van der Waals surface area contributed by atoms with E-state index in [1.807, 2.05) is 40.7 Å². The fourth-order valence-corrected chi connectivity index (χ4v) is 1.16. The van der Waals surface area contributed by atoms with Crippen LogP contribution >= 0.6 is 0 Å². The molecule has 0 aromatic carbocycles. The molecule has 0 saturated heterocycles. The minimum Gasteiger partial charge on any atom is -0.333 e. The first-order valence-corrected chi connectivity index (χ1v) is 5.23. The molecule has 4 nitrogen and oxygen atoms in total. The van der Waals surface area contributed by atoms with Crippen molar-refractivity contribution in [1.82, 2.24) is 10.2 Å². The second-order valence-corrected chi connectivity index (χ2v) is 4.88. The van der Waals surface area contributed by atoms with Crippen LogP contribution in [-0.2, 0) is 0 Å². The Balaban J connectivity index is 4.37. The Morgan fingerprint density at radius 1 is 1.47 bits per heavy atom. The molecular weight excluding hydrogens is 190 g/mol. The summed E-state index contributed by atoms with van der Waals surface area (Å²) >= 11 is 0. The average Bonchev–Trinajstić information content (AvgIpc) is 2.00. The summed E-state index contributed by atoms with van der Waals surface area (Å²) in [5.74, 6) is 0. The van der Waals surface area contributed by atoms with Gasteiger partial charge in [0, 0.05) is 18.1 Å². The van der Waals surface area contributed by atoms with Gasteiger partial charge in [0.05, 0.1) is 12.5 Å². The van der Waals surface area contributed by atoms with Gasteiger partial charge in [0.1, 0.15) is 0 Å². The number of nitrogens with zero attached hydrogens (tertiary/aromatic N) is 2. The quantitative estimate of drug-likeness (QED) is 0.777. The van der Waals surface area contributed by atoms with Crippen LogP contribution in [0.15, 0.2) is 0 Å². The first kappa shape index (κ1) is 13.8. The van der Waals surface area contributed by atoms with Crippen LogP contribution in [0.1, 0.15) is 41.0 Å². The van der Waals surface area contributed by atoms with Gasteiger partial charge in [0.15, 0.2) is 0 Å². The maximum Gasteiger partial charge on any atom is 0.318 e. The SMILES string of the molecule is CC(C)N(CCC#N)C(=O)NC(C)(C)C. The number of rotatable bonds is 3. The van der Waals surface area contributed by atoms with Crippen molar-refractivity contribution < 1.29 is 4.79 Å². The summed E-state index contributed by atoms with van der Waals surface area (Å²) in [5.41, 5.74) is -0.239. The maximum atomic E-state index is 11.8. The summed E-state index contributed by atoms with van der Waals surface area (Å²) in [6, 6.07) is 2.06. The minimum atomic E-state index is -0.239. The van der Waals surface area contributed by atoms with Gasteiger partial charge in [-0.1, -0.05) is 0 Å². The molecule has 0 aliphatic heterocycles. The Morgan fingerprint density at radius 2 is 2.00 bits per heavy atom. The van der Waals surface area contributed by atoms with Crippen molar-refractivity contribution in [3.8, 4) is 6.07 Å². The van der Waals surface area contributed by atoms with Gasteiger partial charge in [-0.3, -0.25) is 0 Å². The van der Waals surface area contributed by atoms with Crippen LogP contribution in [-0.4, -0.2) is 29.1 Å². The molecule has 4 heteroatoms. The third-order valence-corrected chi connectivity index (χ3v) is 1.83. The lowest BCUT2D eigenvalue weighted by Crippen LogP contribution is -2.50. The molecule has 0 aliphatic carbocycles. The highest BCUT2D eigenvalue weighted by Gasteiger charge is 2.21. The van der Waals surface area contributed by atoms with Gasteiger partial charge < -0.3 is 10.2 Å². The lowest BCUT2D eigenvalue weighted by atomic mass is 10.1. The number of nitrogens with one attached hydrogen (secondary N) is 1. The third kappa shape index (κ3) is 5.95. The number of nitriles is 1. The monoisotopic (exact) mass is 211 g/mol. The molecule has 15 heavy (non-hydrogen) atoms. The highest BCUT2D eigenvalue weighted by atomic mass is 16.2. The van der Waals surface area contributed by atoms with Gasteiger partial charge in [-0.25, -0.2) is 4.79 Å². The summed E-state index contributed by atoms with van der Waals surface area (Å²) in [7, 11) is 0. The lowest BCUT2D eigenvalue weighted by molar-refractivity contribution is 0.176. The van der Waals surface area contributed by atoms with Crippen molar-refractivity contribution in [3.05, 3.63) is 0 Å². The number of hydrogen-bond donors (Lipinski definition) is 1. The summed E-state index contributed by atoms with van der Waals surface area (Å²) in [6.45, 7) is 10.2. The maximum absolute atomic E-state index is 11.8. The van der Waals surface area contributed by atoms with Crippen molar-refractivity contribution in [2.75, 3.05) is 6.54 Å². The van der Waals surface area contributed by atoms with E-state index in [2.05, 4.69) is 5.32 Å². The smallest absolute Gasteiger partial charge is 0.318 e. The molecule has 0 atom stereocenters. The molecule has 1 N–H and O–H groups in total. The molecule has 0 rings (SSSR count). The zero-order chi connectivity index (χ0) is 12.1. The van der Waals surface area contributed by atoms with Gasteiger partial charge in [-0.15, -0.1) is 0 Å². The number of urea groups is 1. The minimum absolute atomic E-state index is 0.104. The molecule has 0 fully saturated rings. The van der Waals surface area contributed by atoms with Crippen LogP contribution < -0.4 is 5.32 Å². The first-order chi connectivity index (χ1) is 6.78. The number of amides is 2. The van der Waals surface area contributed by atoms with Crippen LogP contribution in [0, 0.1) is 11.3 Å². The first-order valence-electron chi connectivity index (χ1n) is 5.23. The predicted molar refractivity (Wildman–Crippen MR) is 60.4 cm³/mol. The largest absolute Gasteiger partial charge is 0.333 e. The molecule has 0 radical (unpaired) electrons. The standard InChI is InChI=1S/C11H21N3O/c1-9(2)14(8-6-7-12)10(15)13-11(3,4)5/h9H,6,8H2,1-5H3,(H,13,15). The molecule has 86 valence electrons. The van der Waals surface area contributed by atoms with Crippen LogP contribution in [0.3, 0.4) is 0 Å². The summed E-state index contributed by atoms with van der Waals surface area (Å²) in [6.07, 6.45) is 0.371. The van der Waals surface area contributed by atoms with Crippen molar-refractivity contribution in [2.45, 2.75) is 52.6 Å². The second kappa shape index (κ2) is 5.59. The van der Waals surface area contributed by atoms with Crippen LogP contribution in [0.5, 0.6) is 0 Å². The highest BCUT2D eigenvalue weighted by molar-refractivity contribution is 5.75. The normalized spacial score (nSPS) is 11.0. The molecule has 0 spiro atoms. The number of hydrogen-bond acceptors (Lipinski definition) is 2. The third-order valence-electron chi connectivity index (χ3n) is 1.83. The van der Waals surface area contributed by atoms with E-state index in [9.17, 15) is 4.79 Å². The molecule has 0 saturated carbocycles. The fraction of sp³-hybridized carbons (Fsp3) is 0.818. The Labute approximate surface area is 92.3 Å². The van der Waals surface area contributed by atoms with Crippen molar-refractivity contribution in [3.63, 3.8) is 0 Å². The van der Waals surface area contributed by atoms with Gasteiger partial charge in [0.25, 0.3) is 0 Å². The molecule has 0 bridgehead atoms. The highest BCUT2D eigenvalue weighted by Crippen LogP contribution is 2.05. The van der Waals surface area contributed by atoms with E-state index >= 15 is 0 Å². The molecular formula is C11H21N3O. The zero-order valence-corrected chi connectivity index (χ0v) is 10.3. The zero-order valence-electron chi connectivity index (χ0n) is 10.3. The van der Waals surface area contributed by atoms with E-state index in [0.29, 0.717) is 13.0 Å². The summed E-state index contributed by atoms with van der Waals surface area (Å²) < 4.78 is 0. The second-order valence-electron chi connectivity index (χ2n) is 4.88. The van der Waals surface area contributed by atoms with Gasteiger partial charge in [-0.2, -0.15) is 5.26 Å². The average molecular weight is 211 g/mol. The topological polar surface area (TPSA) is 56.1 Å². The van der Waals surface area contributed by atoms with Crippen LogP contribution in [0.2, 0.25) is 0 Å². The van der Waals surface area contributed by atoms with E-state index in [1.165, 1.54) is 0 Å². The Hall–Kier alpha value is -1.24. The fourth-order valence-electron chi connectivity index (χ4n) is 1.16. The lowest BCUT2D eigenvalue weighted by Gasteiger charge is -2.30. The predicted octanol–water partition coefficient (Wildman–Crippen LogP) is 2.12. The van der Waals surface area contributed by atoms with Crippen molar-refractivity contribution >= 4 is 6.03 Å². The van der Waals surface area contributed by atoms with Gasteiger partial charge >= 0.3 is 6.03 Å². The van der Waals surface area contributed by atoms with Crippen LogP contribution in [0.4, 0.5) is 4.79 Å². The molecule has 0 aliphatic rings. The summed E-state index contributed by atoms with van der Waals surface area (Å²) in [5, 5.41) is 11.4. The van der Waals surface area contributed by atoms with Crippen molar-refractivity contribution in [1.29, 1.82) is 5.26 Å². The van der Waals surface area contributed by atoms with E-state index in [-0.39, 0.29) is 17.6 Å². The van der Waals surface area contributed by atoms with E-state index in [0.717, 1.165) is 0 Å².